The average Bonchev–Trinajstić information content (AvgIpc) is 3.17. The summed E-state index contributed by atoms with van der Waals surface area (Å²) in [5.74, 6) is 0.492. The van der Waals surface area contributed by atoms with Crippen molar-refractivity contribution >= 4 is 34.1 Å². The van der Waals surface area contributed by atoms with Gasteiger partial charge in [-0.3, -0.25) is 10.2 Å². The third-order valence-electron chi connectivity index (χ3n) is 5.02. The third-order valence-corrected chi connectivity index (χ3v) is 5.02. The molecule has 0 saturated heterocycles. The number of ether oxygens (including phenoxy) is 1. The van der Waals surface area contributed by atoms with Gasteiger partial charge in [0.05, 0.1) is 36.7 Å². The Morgan fingerprint density at radius 2 is 1.97 bits per heavy atom. The number of aromatic nitrogens is 2. The molecule has 0 bridgehead atoms. The first-order valence-corrected chi connectivity index (χ1v) is 8.99. The molecule has 1 aliphatic rings. The van der Waals surface area contributed by atoms with Gasteiger partial charge in [0, 0.05) is 18.8 Å². The first-order valence-electron chi connectivity index (χ1n) is 8.99. The van der Waals surface area contributed by atoms with Gasteiger partial charge >= 0.3 is 5.97 Å². The van der Waals surface area contributed by atoms with Crippen molar-refractivity contribution < 1.29 is 19.7 Å². The molecule has 3 aromatic rings. The highest BCUT2D eigenvalue weighted by atomic mass is 16.5. The van der Waals surface area contributed by atoms with Gasteiger partial charge < -0.3 is 24.4 Å². The zero-order chi connectivity index (χ0) is 20.7. The molecular weight excluding hydrogens is 372 g/mol. The molecule has 148 valence electrons. The number of amidine groups is 1. The van der Waals surface area contributed by atoms with Gasteiger partial charge in [0.25, 0.3) is 0 Å². The molecule has 0 spiro atoms. The predicted molar refractivity (Wildman–Crippen MR) is 110 cm³/mol. The average molecular weight is 392 g/mol. The van der Waals surface area contributed by atoms with E-state index in [0.29, 0.717) is 33.9 Å². The van der Waals surface area contributed by atoms with E-state index < -0.39 is 5.97 Å². The molecule has 3 N–H and O–H groups in total. The number of nitrogens with one attached hydrogen (secondary N) is 1. The monoisotopic (exact) mass is 392 g/mol. The lowest BCUT2D eigenvalue weighted by Gasteiger charge is -2.19. The second-order valence-electron chi connectivity index (χ2n) is 6.84. The van der Waals surface area contributed by atoms with E-state index in [0.717, 1.165) is 5.52 Å². The molecule has 4 rings (SSSR count). The number of methoxy groups -OCH3 is 1. The fraction of sp³-hybridized carbons (Fsp3) is 0.190. The van der Waals surface area contributed by atoms with E-state index in [9.17, 15) is 9.90 Å². The fourth-order valence-corrected chi connectivity index (χ4v) is 3.53. The van der Waals surface area contributed by atoms with Crippen LogP contribution in [0.25, 0.3) is 16.6 Å². The standard InChI is InChI=1S/C21H20N4O4/c1-24-16-8-7-14(29-2)10-15(16)23-21(24)19-17(26)11-25(20(19)22)13-5-3-12(4-6-13)9-18(27)28/h3-8,10,22,26H,9,11H2,1-2H3,(H,27,28). The van der Waals surface area contributed by atoms with E-state index >= 15 is 0 Å². The van der Waals surface area contributed by atoms with E-state index in [1.54, 1.807) is 36.3 Å². The number of rotatable bonds is 5. The van der Waals surface area contributed by atoms with Crippen LogP contribution in [0.5, 0.6) is 5.75 Å². The van der Waals surface area contributed by atoms with Crippen LogP contribution in [0.4, 0.5) is 5.69 Å². The van der Waals surface area contributed by atoms with Crippen molar-refractivity contribution in [1.29, 1.82) is 5.41 Å². The fourth-order valence-electron chi connectivity index (χ4n) is 3.53. The van der Waals surface area contributed by atoms with Crippen molar-refractivity contribution in [2.75, 3.05) is 18.6 Å². The van der Waals surface area contributed by atoms with Gasteiger partial charge in [-0.1, -0.05) is 12.1 Å². The summed E-state index contributed by atoms with van der Waals surface area (Å²) in [6.45, 7) is 0.152. The Bertz CT molecular complexity index is 1160. The number of aliphatic hydroxyl groups is 1. The smallest absolute Gasteiger partial charge is 0.307 e. The minimum atomic E-state index is -0.897. The van der Waals surface area contributed by atoms with Gasteiger partial charge in [-0.2, -0.15) is 0 Å². The maximum atomic E-state index is 10.8. The van der Waals surface area contributed by atoms with Crippen molar-refractivity contribution in [3.05, 3.63) is 59.6 Å². The highest BCUT2D eigenvalue weighted by Gasteiger charge is 2.32. The lowest BCUT2D eigenvalue weighted by Crippen LogP contribution is -2.26. The number of anilines is 1. The van der Waals surface area contributed by atoms with Crippen LogP contribution in [0.2, 0.25) is 0 Å². The summed E-state index contributed by atoms with van der Waals surface area (Å²) < 4.78 is 7.09. The van der Waals surface area contributed by atoms with Crippen molar-refractivity contribution in [1.82, 2.24) is 9.55 Å². The van der Waals surface area contributed by atoms with E-state index in [-0.39, 0.29) is 24.6 Å². The van der Waals surface area contributed by atoms with Gasteiger partial charge in [0.1, 0.15) is 23.2 Å². The molecule has 0 fully saturated rings. The summed E-state index contributed by atoms with van der Waals surface area (Å²) in [4.78, 5) is 17.1. The number of carboxylic acids is 1. The number of hydrogen-bond donors (Lipinski definition) is 3. The number of benzene rings is 2. The minimum Gasteiger partial charge on any atom is -0.509 e. The molecule has 29 heavy (non-hydrogen) atoms. The SMILES string of the molecule is COc1ccc2c(c1)nc(C1=C(O)CN(c3ccc(CC(=O)O)cc3)C1=N)n2C. The third kappa shape index (κ3) is 3.18. The normalized spacial score (nSPS) is 14.1. The molecule has 8 heteroatoms. The van der Waals surface area contributed by atoms with Gasteiger partial charge in [-0.25, -0.2) is 4.98 Å². The zero-order valence-electron chi connectivity index (χ0n) is 16.0. The van der Waals surface area contributed by atoms with E-state index in [2.05, 4.69) is 4.98 Å². The number of fused-ring (bicyclic) bond motifs is 1. The number of carbonyl (C=O) groups is 1. The maximum absolute atomic E-state index is 10.8. The summed E-state index contributed by atoms with van der Waals surface area (Å²) in [6, 6.07) is 12.5. The van der Waals surface area contributed by atoms with Crippen LogP contribution >= 0.6 is 0 Å². The first-order chi connectivity index (χ1) is 13.9. The summed E-state index contributed by atoms with van der Waals surface area (Å²) in [5, 5.41) is 28.1. The number of aliphatic hydroxyl groups excluding tert-OH is 1. The van der Waals surface area contributed by atoms with Gasteiger partial charge in [0.15, 0.2) is 0 Å². The molecule has 2 aromatic carbocycles. The Kier molecular flexibility index (Phi) is 4.46. The van der Waals surface area contributed by atoms with Gasteiger partial charge in [0.2, 0.25) is 0 Å². The van der Waals surface area contributed by atoms with Gasteiger partial charge in [-0.05, 0) is 29.8 Å². The number of aliphatic carboxylic acids is 1. The molecule has 0 radical (unpaired) electrons. The molecule has 0 aliphatic carbocycles. The van der Waals surface area contributed by atoms with E-state index in [1.165, 1.54) is 0 Å². The van der Waals surface area contributed by atoms with Crippen molar-refractivity contribution in [2.45, 2.75) is 6.42 Å². The lowest BCUT2D eigenvalue weighted by molar-refractivity contribution is -0.136. The van der Waals surface area contributed by atoms with E-state index in [1.807, 2.05) is 29.8 Å². The second-order valence-corrected chi connectivity index (χ2v) is 6.84. The van der Waals surface area contributed by atoms with Crippen molar-refractivity contribution in [3.8, 4) is 5.75 Å². The number of hydrogen-bond acceptors (Lipinski definition) is 5. The van der Waals surface area contributed by atoms with Crippen molar-refractivity contribution in [2.24, 2.45) is 7.05 Å². The summed E-state index contributed by atoms with van der Waals surface area (Å²) >= 11 is 0. The number of imidazole rings is 1. The predicted octanol–water partition coefficient (Wildman–Crippen LogP) is 2.98. The molecule has 0 saturated carbocycles. The van der Waals surface area contributed by atoms with Crippen molar-refractivity contribution in [3.63, 3.8) is 0 Å². The molecule has 0 amide bonds. The largest absolute Gasteiger partial charge is 0.509 e. The zero-order valence-corrected chi connectivity index (χ0v) is 16.0. The van der Waals surface area contributed by atoms with Crippen LogP contribution in [0.3, 0.4) is 0 Å². The van der Waals surface area contributed by atoms with Crippen LogP contribution in [0, 0.1) is 5.41 Å². The Hall–Kier alpha value is -3.81. The summed E-state index contributed by atoms with van der Waals surface area (Å²) in [7, 11) is 3.43. The molecule has 2 heterocycles. The number of nitrogens with zero attached hydrogens (tertiary/aromatic N) is 3. The Morgan fingerprint density at radius 1 is 1.24 bits per heavy atom. The Labute approximate surface area is 166 Å². The minimum absolute atomic E-state index is 0.0597. The van der Waals surface area contributed by atoms with Crippen LogP contribution in [0.15, 0.2) is 48.2 Å². The number of carboxylic acid groups (broad SMARTS) is 1. The quantitative estimate of drug-likeness (QED) is 0.615. The summed E-state index contributed by atoms with van der Waals surface area (Å²) in [6.07, 6.45) is -0.0597. The molecule has 1 aromatic heterocycles. The topological polar surface area (TPSA) is 112 Å². The first kappa shape index (κ1) is 18.5. The molecule has 8 nitrogen and oxygen atoms in total. The molecule has 1 aliphatic heterocycles. The molecular formula is C21H20N4O4. The highest BCUT2D eigenvalue weighted by molar-refractivity contribution is 6.30. The molecule has 0 atom stereocenters. The summed E-state index contributed by atoms with van der Waals surface area (Å²) in [5.41, 5.74) is 3.33. The van der Waals surface area contributed by atoms with Gasteiger partial charge in [-0.15, -0.1) is 0 Å². The Balaban J connectivity index is 1.67. The lowest BCUT2D eigenvalue weighted by atomic mass is 10.1. The number of aryl methyl sites for hydroxylation is 1. The van der Waals surface area contributed by atoms with Crippen LogP contribution < -0.4 is 9.64 Å². The highest BCUT2D eigenvalue weighted by Crippen LogP contribution is 2.32. The second kappa shape index (κ2) is 6.97. The van der Waals surface area contributed by atoms with E-state index in [4.69, 9.17) is 15.3 Å². The van der Waals surface area contributed by atoms with Crippen LogP contribution in [-0.4, -0.2) is 45.2 Å². The van der Waals surface area contributed by atoms with Crippen LogP contribution in [-0.2, 0) is 18.3 Å². The maximum Gasteiger partial charge on any atom is 0.307 e. The Morgan fingerprint density at radius 3 is 2.62 bits per heavy atom. The molecule has 0 unspecified atom stereocenters. The van der Waals surface area contributed by atoms with Crippen LogP contribution in [0.1, 0.15) is 11.4 Å².